The lowest BCUT2D eigenvalue weighted by atomic mass is 10.0. The zero-order valence-electron chi connectivity index (χ0n) is 15.5. The summed E-state index contributed by atoms with van der Waals surface area (Å²) >= 11 is 5.90. The van der Waals surface area contributed by atoms with Gasteiger partial charge in [-0.15, -0.1) is 0 Å². The third-order valence-corrected chi connectivity index (χ3v) is 5.75. The second kappa shape index (κ2) is 8.43. The van der Waals surface area contributed by atoms with Gasteiger partial charge in [-0.25, -0.2) is 9.97 Å². The Kier molecular flexibility index (Phi) is 5.75. The molecule has 2 atom stereocenters. The number of nitrogens with zero attached hydrogens (tertiary/aromatic N) is 4. The minimum atomic E-state index is -0.441. The van der Waals surface area contributed by atoms with Crippen molar-refractivity contribution in [3.8, 4) is 0 Å². The summed E-state index contributed by atoms with van der Waals surface area (Å²) in [5, 5.41) is 14.7. The van der Waals surface area contributed by atoms with Crippen molar-refractivity contribution < 1.29 is 9.90 Å². The van der Waals surface area contributed by atoms with Gasteiger partial charge in [0.2, 0.25) is 0 Å². The van der Waals surface area contributed by atoms with Crippen LogP contribution in [-0.2, 0) is 0 Å². The number of aromatic nitrogens is 2. The van der Waals surface area contributed by atoms with Crippen LogP contribution in [0.3, 0.4) is 0 Å². The van der Waals surface area contributed by atoms with Crippen molar-refractivity contribution in [2.75, 3.05) is 31.1 Å². The number of amides is 1. The first kappa shape index (κ1) is 19.1. The molecule has 1 aromatic carbocycles. The SMILES string of the molecule is O=C(c1ccc(Cl)cc1)N1CCC(N[C@H]2CN(c3ccncn3)C[C@@H]2O)CC1. The molecule has 2 fully saturated rings. The van der Waals surface area contributed by atoms with Crippen molar-refractivity contribution in [1.29, 1.82) is 0 Å². The third-order valence-electron chi connectivity index (χ3n) is 5.50. The highest BCUT2D eigenvalue weighted by atomic mass is 35.5. The van der Waals surface area contributed by atoms with E-state index >= 15 is 0 Å². The van der Waals surface area contributed by atoms with Crippen LogP contribution in [-0.4, -0.2) is 70.2 Å². The number of hydrogen-bond donors (Lipinski definition) is 2. The van der Waals surface area contributed by atoms with Gasteiger partial charge in [0, 0.05) is 49.0 Å². The van der Waals surface area contributed by atoms with Gasteiger partial charge in [-0.3, -0.25) is 4.79 Å². The van der Waals surface area contributed by atoms with Crippen LogP contribution in [0.4, 0.5) is 5.82 Å². The van der Waals surface area contributed by atoms with Crippen LogP contribution in [0.2, 0.25) is 5.02 Å². The Hall–Kier alpha value is -2.22. The van der Waals surface area contributed by atoms with E-state index in [1.165, 1.54) is 6.33 Å². The summed E-state index contributed by atoms with van der Waals surface area (Å²) in [6.45, 7) is 2.68. The molecule has 1 amide bonds. The normalized spacial score (nSPS) is 23.2. The summed E-state index contributed by atoms with van der Waals surface area (Å²) in [4.78, 5) is 24.8. The number of anilines is 1. The fraction of sp³-hybridized carbons (Fsp3) is 0.450. The number of carbonyl (C=O) groups excluding carboxylic acids is 1. The molecule has 148 valence electrons. The highest BCUT2D eigenvalue weighted by molar-refractivity contribution is 6.30. The molecule has 2 aliphatic heterocycles. The number of β-amino-alcohol motifs (C(OH)–C–C–N with tert-alkyl or cyclic N) is 1. The molecule has 4 rings (SSSR count). The average Bonchev–Trinajstić information content (AvgIpc) is 3.10. The molecule has 1 aromatic heterocycles. The number of benzene rings is 1. The van der Waals surface area contributed by atoms with Crippen LogP contribution in [0.5, 0.6) is 0 Å². The van der Waals surface area contributed by atoms with E-state index < -0.39 is 6.10 Å². The van der Waals surface area contributed by atoms with Crippen LogP contribution in [0, 0.1) is 0 Å². The molecule has 2 saturated heterocycles. The summed E-state index contributed by atoms with van der Waals surface area (Å²) < 4.78 is 0. The van der Waals surface area contributed by atoms with Crippen molar-refractivity contribution in [2.24, 2.45) is 0 Å². The highest BCUT2D eigenvalue weighted by Crippen LogP contribution is 2.21. The lowest BCUT2D eigenvalue weighted by Gasteiger charge is -2.34. The van der Waals surface area contributed by atoms with E-state index in [0.29, 0.717) is 42.8 Å². The smallest absolute Gasteiger partial charge is 0.253 e. The average molecular weight is 402 g/mol. The number of piperidine rings is 1. The van der Waals surface area contributed by atoms with Gasteiger partial charge in [0.1, 0.15) is 12.1 Å². The quantitative estimate of drug-likeness (QED) is 0.809. The Morgan fingerprint density at radius 1 is 1.14 bits per heavy atom. The molecule has 3 heterocycles. The van der Waals surface area contributed by atoms with Crippen LogP contribution >= 0.6 is 11.6 Å². The molecule has 0 spiro atoms. The molecule has 2 aliphatic rings. The van der Waals surface area contributed by atoms with Crippen molar-refractivity contribution in [3.63, 3.8) is 0 Å². The molecule has 0 saturated carbocycles. The molecule has 8 heteroatoms. The van der Waals surface area contributed by atoms with Crippen LogP contribution in [0.1, 0.15) is 23.2 Å². The number of carbonyl (C=O) groups is 1. The molecule has 28 heavy (non-hydrogen) atoms. The van der Waals surface area contributed by atoms with Crippen LogP contribution in [0.15, 0.2) is 42.9 Å². The van der Waals surface area contributed by atoms with E-state index in [1.54, 1.807) is 30.5 Å². The largest absolute Gasteiger partial charge is 0.390 e. The fourth-order valence-corrected chi connectivity index (χ4v) is 4.06. The van der Waals surface area contributed by atoms with Gasteiger partial charge in [0.25, 0.3) is 5.91 Å². The van der Waals surface area contributed by atoms with Gasteiger partial charge in [0.05, 0.1) is 12.1 Å². The zero-order chi connectivity index (χ0) is 19.5. The maximum atomic E-state index is 12.6. The molecule has 0 unspecified atom stereocenters. The van der Waals surface area contributed by atoms with Gasteiger partial charge in [0.15, 0.2) is 0 Å². The monoisotopic (exact) mass is 401 g/mol. The number of aliphatic hydroxyl groups is 1. The molecule has 0 bridgehead atoms. The Balaban J connectivity index is 1.28. The molecule has 2 N–H and O–H groups in total. The van der Waals surface area contributed by atoms with E-state index in [0.717, 1.165) is 18.7 Å². The summed E-state index contributed by atoms with van der Waals surface area (Å²) in [6, 6.07) is 9.17. The van der Waals surface area contributed by atoms with Gasteiger partial charge >= 0.3 is 0 Å². The Morgan fingerprint density at radius 2 is 1.89 bits per heavy atom. The van der Waals surface area contributed by atoms with Crippen molar-refractivity contribution >= 4 is 23.3 Å². The van der Waals surface area contributed by atoms with Crippen molar-refractivity contribution in [1.82, 2.24) is 20.2 Å². The predicted octanol–water partition coefficient (Wildman–Crippen LogP) is 1.57. The molecule has 2 aromatic rings. The molecule has 7 nitrogen and oxygen atoms in total. The predicted molar refractivity (Wildman–Crippen MR) is 108 cm³/mol. The summed E-state index contributed by atoms with van der Waals surface area (Å²) in [6.07, 6.45) is 4.54. The topological polar surface area (TPSA) is 81.6 Å². The Labute approximate surface area is 169 Å². The van der Waals surface area contributed by atoms with Crippen molar-refractivity contribution in [2.45, 2.75) is 31.0 Å². The molecular formula is C20H24ClN5O2. The minimum absolute atomic E-state index is 0.00141. The summed E-state index contributed by atoms with van der Waals surface area (Å²) in [7, 11) is 0. The van der Waals surface area contributed by atoms with E-state index in [9.17, 15) is 9.90 Å². The standard InChI is InChI=1S/C20H24ClN5O2/c21-15-3-1-14(2-4-15)20(28)25-9-6-16(7-10-25)24-17-11-26(12-18(17)27)19-5-8-22-13-23-19/h1-5,8,13,16-18,24,27H,6-7,9-12H2/t17-,18-/m0/s1. The van der Waals surface area contributed by atoms with Gasteiger partial charge in [-0.2, -0.15) is 0 Å². The van der Waals surface area contributed by atoms with E-state index in [4.69, 9.17) is 11.6 Å². The molecule has 0 radical (unpaired) electrons. The van der Waals surface area contributed by atoms with E-state index in [2.05, 4.69) is 20.2 Å². The number of likely N-dealkylation sites (tertiary alicyclic amines) is 1. The zero-order valence-corrected chi connectivity index (χ0v) is 16.3. The summed E-state index contributed by atoms with van der Waals surface area (Å²) in [5.41, 5.74) is 0.669. The Morgan fingerprint density at radius 3 is 2.57 bits per heavy atom. The van der Waals surface area contributed by atoms with Crippen LogP contribution in [0.25, 0.3) is 0 Å². The van der Waals surface area contributed by atoms with Crippen LogP contribution < -0.4 is 10.2 Å². The molecule has 0 aliphatic carbocycles. The van der Waals surface area contributed by atoms with Gasteiger partial charge in [-0.1, -0.05) is 11.6 Å². The lowest BCUT2D eigenvalue weighted by molar-refractivity contribution is 0.0691. The number of rotatable bonds is 4. The van der Waals surface area contributed by atoms with Gasteiger partial charge < -0.3 is 20.2 Å². The maximum Gasteiger partial charge on any atom is 0.253 e. The number of nitrogens with one attached hydrogen (secondary N) is 1. The number of aliphatic hydroxyl groups excluding tert-OH is 1. The number of hydrogen-bond acceptors (Lipinski definition) is 6. The van der Waals surface area contributed by atoms with E-state index in [1.807, 2.05) is 11.0 Å². The maximum absolute atomic E-state index is 12.6. The molecular weight excluding hydrogens is 378 g/mol. The minimum Gasteiger partial charge on any atom is -0.390 e. The lowest BCUT2D eigenvalue weighted by Crippen LogP contribution is -2.50. The fourth-order valence-electron chi connectivity index (χ4n) is 3.94. The second-order valence-electron chi connectivity index (χ2n) is 7.39. The first-order valence-electron chi connectivity index (χ1n) is 9.60. The van der Waals surface area contributed by atoms with E-state index in [-0.39, 0.29) is 11.9 Å². The third kappa shape index (κ3) is 4.27. The first-order valence-corrected chi connectivity index (χ1v) is 9.98. The Bertz CT molecular complexity index is 796. The first-order chi connectivity index (χ1) is 13.6. The van der Waals surface area contributed by atoms with Gasteiger partial charge in [-0.05, 0) is 43.2 Å². The number of halogens is 1. The second-order valence-corrected chi connectivity index (χ2v) is 7.82. The summed E-state index contributed by atoms with van der Waals surface area (Å²) in [5.74, 6) is 0.882. The highest BCUT2D eigenvalue weighted by Gasteiger charge is 2.34. The van der Waals surface area contributed by atoms with Crippen molar-refractivity contribution in [3.05, 3.63) is 53.4 Å².